The van der Waals surface area contributed by atoms with E-state index < -0.39 is 0 Å². The van der Waals surface area contributed by atoms with Crippen LogP contribution in [0.1, 0.15) is 32.1 Å². The first-order valence-electron chi connectivity index (χ1n) is 6.88. The van der Waals surface area contributed by atoms with E-state index in [4.69, 9.17) is 5.11 Å². The van der Waals surface area contributed by atoms with Crippen LogP contribution in [0.3, 0.4) is 0 Å². The third kappa shape index (κ3) is 4.51. The average molecular weight is 299 g/mol. The van der Waals surface area contributed by atoms with E-state index in [0.717, 1.165) is 12.8 Å². The number of amides is 1. The van der Waals surface area contributed by atoms with Gasteiger partial charge >= 0.3 is 0 Å². The lowest BCUT2D eigenvalue weighted by Gasteiger charge is -2.34. The molecule has 1 aromatic heterocycles. The van der Waals surface area contributed by atoms with Crippen LogP contribution in [0.4, 0.5) is 0 Å². The zero-order chi connectivity index (χ0) is 13.5. The minimum absolute atomic E-state index is 0.0614. The predicted molar refractivity (Wildman–Crippen MR) is 80.7 cm³/mol. The van der Waals surface area contributed by atoms with Crippen LogP contribution in [0.15, 0.2) is 21.7 Å². The number of nitrogens with zero attached hydrogens (tertiary/aromatic N) is 1. The van der Waals surface area contributed by atoms with E-state index in [1.54, 1.807) is 23.1 Å². The second kappa shape index (κ2) is 7.92. The molecule has 1 heterocycles. The fourth-order valence-electron chi connectivity index (χ4n) is 2.57. The quantitative estimate of drug-likeness (QED) is 0.821. The first kappa shape index (κ1) is 14.9. The van der Waals surface area contributed by atoms with Crippen LogP contribution in [0, 0.1) is 0 Å². The zero-order valence-electron chi connectivity index (χ0n) is 11.1. The van der Waals surface area contributed by atoms with Crippen LogP contribution >= 0.6 is 23.1 Å². The molecule has 5 heteroatoms. The van der Waals surface area contributed by atoms with Crippen LogP contribution in [0.25, 0.3) is 0 Å². The molecule has 1 aliphatic carbocycles. The van der Waals surface area contributed by atoms with Crippen molar-refractivity contribution in [3.63, 3.8) is 0 Å². The average Bonchev–Trinajstić information content (AvgIpc) is 2.96. The van der Waals surface area contributed by atoms with Gasteiger partial charge in [-0.25, -0.2) is 0 Å². The van der Waals surface area contributed by atoms with Gasteiger partial charge < -0.3 is 10.0 Å². The lowest BCUT2D eigenvalue weighted by atomic mass is 9.94. The Kier molecular flexibility index (Phi) is 6.20. The lowest BCUT2D eigenvalue weighted by Crippen LogP contribution is -2.44. The Morgan fingerprint density at radius 1 is 1.42 bits per heavy atom. The van der Waals surface area contributed by atoms with Gasteiger partial charge in [0.05, 0.1) is 16.6 Å². The summed E-state index contributed by atoms with van der Waals surface area (Å²) in [7, 11) is 0. The fourth-order valence-corrected chi connectivity index (χ4v) is 4.24. The molecule has 0 saturated heterocycles. The van der Waals surface area contributed by atoms with Crippen LogP contribution in [0.5, 0.6) is 0 Å². The molecule has 1 amide bonds. The first-order chi connectivity index (χ1) is 9.31. The van der Waals surface area contributed by atoms with Gasteiger partial charge in [0.15, 0.2) is 0 Å². The Hall–Kier alpha value is -0.520. The van der Waals surface area contributed by atoms with Gasteiger partial charge in [0.1, 0.15) is 0 Å². The maximum absolute atomic E-state index is 12.3. The van der Waals surface area contributed by atoms with E-state index in [9.17, 15) is 4.79 Å². The molecule has 1 aromatic rings. The van der Waals surface area contributed by atoms with Crippen molar-refractivity contribution in [1.82, 2.24) is 4.90 Å². The van der Waals surface area contributed by atoms with E-state index in [1.165, 1.54) is 23.5 Å². The normalized spacial score (nSPS) is 16.5. The van der Waals surface area contributed by atoms with Crippen LogP contribution in [0.2, 0.25) is 0 Å². The number of aliphatic hydroxyl groups is 1. The third-order valence-electron chi connectivity index (χ3n) is 3.51. The SMILES string of the molecule is O=C(CSc1cccs1)N(CCO)C1CCCCC1. The second-order valence-corrected chi connectivity index (χ2v) is 7.05. The highest BCUT2D eigenvalue weighted by atomic mass is 32.2. The molecule has 3 nitrogen and oxygen atoms in total. The largest absolute Gasteiger partial charge is 0.395 e. The maximum Gasteiger partial charge on any atom is 0.233 e. The first-order valence-corrected chi connectivity index (χ1v) is 8.74. The van der Waals surface area contributed by atoms with E-state index in [0.29, 0.717) is 18.3 Å². The minimum atomic E-state index is 0.0614. The van der Waals surface area contributed by atoms with Crippen molar-refractivity contribution in [2.24, 2.45) is 0 Å². The number of hydrogen-bond donors (Lipinski definition) is 1. The number of thiophene rings is 1. The van der Waals surface area contributed by atoms with Crippen LogP contribution in [-0.2, 0) is 4.79 Å². The van der Waals surface area contributed by atoms with E-state index >= 15 is 0 Å². The van der Waals surface area contributed by atoms with Crippen molar-refractivity contribution in [2.45, 2.75) is 42.4 Å². The number of rotatable bonds is 6. The number of carbonyl (C=O) groups is 1. The van der Waals surface area contributed by atoms with Crippen molar-refractivity contribution in [3.8, 4) is 0 Å². The molecule has 0 bridgehead atoms. The standard InChI is InChI=1S/C14H21NO2S2/c16-9-8-15(12-5-2-1-3-6-12)13(17)11-19-14-7-4-10-18-14/h4,7,10,12,16H,1-3,5-6,8-9,11H2. The summed E-state index contributed by atoms with van der Waals surface area (Å²) >= 11 is 3.27. The Labute approximate surface area is 123 Å². The fraction of sp³-hybridized carbons (Fsp3) is 0.643. The summed E-state index contributed by atoms with van der Waals surface area (Å²) in [6.07, 6.45) is 5.88. The number of thioether (sulfide) groups is 1. The summed E-state index contributed by atoms with van der Waals surface area (Å²) in [6.45, 7) is 0.542. The Bertz CT molecular complexity index is 375. The summed E-state index contributed by atoms with van der Waals surface area (Å²) in [6, 6.07) is 4.39. The van der Waals surface area contributed by atoms with Crippen molar-refractivity contribution < 1.29 is 9.90 Å². The highest BCUT2D eigenvalue weighted by Gasteiger charge is 2.24. The minimum Gasteiger partial charge on any atom is -0.395 e. The molecule has 1 N–H and O–H groups in total. The van der Waals surface area contributed by atoms with E-state index in [1.807, 2.05) is 22.4 Å². The number of aliphatic hydroxyl groups excluding tert-OH is 1. The van der Waals surface area contributed by atoms with Crippen molar-refractivity contribution in [2.75, 3.05) is 18.9 Å². The van der Waals surface area contributed by atoms with Crippen molar-refractivity contribution >= 4 is 29.0 Å². The molecule has 0 aliphatic heterocycles. The van der Waals surface area contributed by atoms with Gasteiger partial charge in [-0.15, -0.1) is 23.1 Å². The van der Waals surface area contributed by atoms with Gasteiger partial charge in [0.25, 0.3) is 0 Å². The molecule has 1 saturated carbocycles. The molecular weight excluding hydrogens is 278 g/mol. The topological polar surface area (TPSA) is 40.5 Å². The second-order valence-electron chi connectivity index (χ2n) is 4.82. The van der Waals surface area contributed by atoms with Crippen molar-refractivity contribution in [1.29, 1.82) is 0 Å². The zero-order valence-corrected chi connectivity index (χ0v) is 12.7. The van der Waals surface area contributed by atoms with E-state index in [2.05, 4.69) is 0 Å². The van der Waals surface area contributed by atoms with Gasteiger partial charge in [0.2, 0.25) is 5.91 Å². The van der Waals surface area contributed by atoms with Crippen molar-refractivity contribution in [3.05, 3.63) is 17.5 Å². The maximum atomic E-state index is 12.3. The lowest BCUT2D eigenvalue weighted by molar-refractivity contribution is -0.131. The highest BCUT2D eigenvalue weighted by Crippen LogP contribution is 2.26. The van der Waals surface area contributed by atoms with Gasteiger partial charge in [-0.05, 0) is 24.3 Å². The molecule has 0 atom stereocenters. The monoisotopic (exact) mass is 299 g/mol. The molecule has 0 aromatic carbocycles. The summed E-state index contributed by atoms with van der Waals surface area (Å²) in [4.78, 5) is 14.2. The molecule has 0 spiro atoms. The molecule has 1 aliphatic rings. The van der Waals surface area contributed by atoms with Crippen LogP contribution in [-0.4, -0.2) is 40.9 Å². The number of carbonyl (C=O) groups excluding carboxylic acids is 1. The summed E-state index contributed by atoms with van der Waals surface area (Å²) in [5.41, 5.74) is 0. The van der Waals surface area contributed by atoms with E-state index in [-0.39, 0.29) is 12.5 Å². The van der Waals surface area contributed by atoms with Gasteiger partial charge in [-0.2, -0.15) is 0 Å². The summed E-state index contributed by atoms with van der Waals surface area (Å²) < 4.78 is 1.18. The molecule has 0 radical (unpaired) electrons. The molecule has 0 unspecified atom stereocenters. The molecule has 2 rings (SSSR count). The smallest absolute Gasteiger partial charge is 0.233 e. The molecule has 19 heavy (non-hydrogen) atoms. The molecule has 106 valence electrons. The molecular formula is C14H21NO2S2. The Morgan fingerprint density at radius 2 is 2.21 bits per heavy atom. The Balaban J connectivity index is 1.87. The van der Waals surface area contributed by atoms with Gasteiger partial charge in [-0.1, -0.05) is 25.3 Å². The summed E-state index contributed by atoms with van der Waals surface area (Å²) in [5.74, 6) is 0.649. The number of hydrogen-bond acceptors (Lipinski definition) is 4. The molecule has 1 fully saturated rings. The van der Waals surface area contributed by atoms with Crippen LogP contribution < -0.4 is 0 Å². The van der Waals surface area contributed by atoms with Gasteiger partial charge in [0, 0.05) is 12.6 Å². The summed E-state index contributed by atoms with van der Waals surface area (Å²) in [5, 5.41) is 11.2. The predicted octanol–water partition coefficient (Wildman–Crippen LogP) is 2.99. The Morgan fingerprint density at radius 3 is 2.84 bits per heavy atom. The highest BCUT2D eigenvalue weighted by molar-refractivity contribution is 8.01. The van der Waals surface area contributed by atoms with Gasteiger partial charge in [-0.3, -0.25) is 4.79 Å². The third-order valence-corrected chi connectivity index (χ3v) is 5.63.